The Morgan fingerprint density at radius 3 is 3.09 bits per heavy atom. The van der Waals surface area contributed by atoms with Crippen LogP contribution in [-0.2, 0) is 4.74 Å². The standard InChI is InChI=1S/C13H11N5O3S2/c19-13(8-7-23-17-14-8)18-3-4-20-6-9(18)11-15-16-12(21-11)10-2-1-5-22-10/h1-2,5,7,9H,3-4,6H2. The van der Waals surface area contributed by atoms with Crippen molar-refractivity contribution in [2.45, 2.75) is 6.04 Å². The molecular weight excluding hydrogens is 338 g/mol. The second kappa shape index (κ2) is 6.14. The zero-order chi connectivity index (χ0) is 15.6. The molecule has 23 heavy (non-hydrogen) atoms. The molecule has 8 nitrogen and oxygen atoms in total. The van der Waals surface area contributed by atoms with Gasteiger partial charge in [-0.05, 0) is 23.0 Å². The first-order valence-electron chi connectivity index (χ1n) is 6.86. The molecule has 3 aromatic rings. The number of amides is 1. The van der Waals surface area contributed by atoms with Crippen molar-refractivity contribution in [1.82, 2.24) is 24.7 Å². The Kier molecular flexibility index (Phi) is 3.85. The lowest BCUT2D eigenvalue weighted by atomic mass is 10.2. The van der Waals surface area contributed by atoms with E-state index < -0.39 is 6.04 Å². The summed E-state index contributed by atoms with van der Waals surface area (Å²) in [5, 5.41) is 15.6. The monoisotopic (exact) mass is 349 g/mol. The molecule has 1 amide bonds. The van der Waals surface area contributed by atoms with Crippen LogP contribution in [0.2, 0.25) is 0 Å². The van der Waals surface area contributed by atoms with E-state index in [0.717, 1.165) is 16.4 Å². The van der Waals surface area contributed by atoms with Crippen molar-refractivity contribution in [2.24, 2.45) is 0 Å². The zero-order valence-corrected chi connectivity index (χ0v) is 13.4. The molecule has 0 bridgehead atoms. The van der Waals surface area contributed by atoms with Gasteiger partial charge in [0, 0.05) is 11.9 Å². The van der Waals surface area contributed by atoms with Crippen LogP contribution >= 0.6 is 22.9 Å². The Labute approximate surface area is 138 Å². The highest BCUT2D eigenvalue weighted by Gasteiger charge is 2.34. The normalized spacial score (nSPS) is 18.3. The second-order valence-electron chi connectivity index (χ2n) is 4.80. The topological polar surface area (TPSA) is 94.2 Å². The minimum Gasteiger partial charge on any atom is -0.418 e. The van der Waals surface area contributed by atoms with E-state index in [2.05, 4.69) is 19.8 Å². The molecule has 1 unspecified atom stereocenters. The van der Waals surface area contributed by atoms with Gasteiger partial charge in [-0.3, -0.25) is 4.79 Å². The molecule has 1 atom stereocenters. The van der Waals surface area contributed by atoms with Crippen LogP contribution in [0, 0.1) is 0 Å². The van der Waals surface area contributed by atoms with Crippen LogP contribution in [0.3, 0.4) is 0 Å². The molecule has 0 spiro atoms. The van der Waals surface area contributed by atoms with Crippen molar-refractivity contribution in [2.75, 3.05) is 19.8 Å². The third-order valence-electron chi connectivity index (χ3n) is 3.43. The molecule has 0 aliphatic carbocycles. The van der Waals surface area contributed by atoms with E-state index in [9.17, 15) is 4.79 Å². The molecule has 1 fully saturated rings. The Morgan fingerprint density at radius 2 is 2.30 bits per heavy atom. The van der Waals surface area contributed by atoms with Crippen LogP contribution in [0.15, 0.2) is 27.3 Å². The fourth-order valence-corrected chi connectivity index (χ4v) is 3.40. The number of aromatic nitrogens is 4. The fourth-order valence-electron chi connectivity index (χ4n) is 2.33. The predicted molar refractivity (Wildman–Crippen MR) is 82.1 cm³/mol. The van der Waals surface area contributed by atoms with Gasteiger partial charge in [0.25, 0.3) is 11.8 Å². The molecular formula is C13H11N5O3S2. The summed E-state index contributed by atoms with van der Waals surface area (Å²) in [5.41, 5.74) is 0.319. The minimum atomic E-state index is -0.417. The van der Waals surface area contributed by atoms with Crippen LogP contribution < -0.4 is 0 Å². The van der Waals surface area contributed by atoms with E-state index in [4.69, 9.17) is 9.15 Å². The third kappa shape index (κ3) is 2.76. The predicted octanol–water partition coefficient (Wildman–Crippen LogP) is 1.86. The Balaban J connectivity index is 1.62. The molecule has 3 aromatic heterocycles. The van der Waals surface area contributed by atoms with Crippen molar-refractivity contribution in [3.05, 3.63) is 34.5 Å². The fraction of sp³-hybridized carbons (Fsp3) is 0.308. The quantitative estimate of drug-likeness (QED) is 0.712. The summed E-state index contributed by atoms with van der Waals surface area (Å²) in [7, 11) is 0. The van der Waals surface area contributed by atoms with Crippen molar-refractivity contribution in [1.29, 1.82) is 0 Å². The van der Waals surface area contributed by atoms with Crippen LogP contribution in [0.25, 0.3) is 10.8 Å². The molecule has 1 aliphatic heterocycles. The van der Waals surface area contributed by atoms with Gasteiger partial charge in [0.15, 0.2) is 5.69 Å². The first-order chi connectivity index (χ1) is 11.3. The van der Waals surface area contributed by atoms with Crippen LogP contribution in [0.5, 0.6) is 0 Å². The zero-order valence-electron chi connectivity index (χ0n) is 11.8. The SMILES string of the molecule is O=C(c1csnn1)N1CCOCC1c1nnc(-c2cccs2)o1. The molecule has 4 rings (SSSR count). The van der Waals surface area contributed by atoms with Crippen LogP contribution in [0.4, 0.5) is 0 Å². The van der Waals surface area contributed by atoms with Crippen molar-refractivity contribution < 1.29 is 13.9 Å². The number of nitrogens with zero attached hydrogens (tertiary/aromatic N) is 5. The van der Waals surface area contributed by atoms with E-state index in [-0.39, 0.29) is 5.91 Å². The number of carbonyl (C=O) groups excluding carboxylic acids is 1. The van der Waals surface area contributed by atoms with Gasteiger partial charge in [-0.2, -0.15) is 0 Å². The van der Waals surface area contributed by atoms with Gasteiger partial charge in [0.2, 0.25) is 5.89 Å². The van der Waals surface area contributed by atoms with Crippen LogP contribution in [0.1, 0.15) is 22.4 Å². The van der Waals surface area contributed by atoms with Crippen molar-refractivity contribution >= 4 is 28.8 Å². The lowest BCUT2D eigenvalue weighted by molar-refractivity contribution is -0.0106. The Bertz CT molecular complexity index is 787. The molecule has 0 saturated carbocycles. The maximum atomic E-state index is 12.6. The highest BCUT2D eigenvalue weighted by atomic mass is 32.1. The Morgan fingerprint density at radius 1 is 1.35 bits per heavy atom. The summed E-state index contributed by atoms with van der Waals surface area (Å²) in [6.07, 6.45) is 0. The molecule has 0 N–H and O–H groups in total. The van der Waals surface area contributed by atoms with Crippen molar-refractivity contribution in [3.8, 4) is 10.8 Å². The summed E-state index contributed by atoms with van der Waals surface area (Å²) < 4.78 is 15.0. The lowest BCUT2D eigenvalue weighted by Crippen LogP contribution is -2.43. The van der Waals surface area contributed by atoms with E-state index >= 15 is 0 Å². The van der Waals surface area contributed by atoms with Gasteiger partial charge in [-0.1, -0.05) is 10.6 Å². The summed E-state index contributed by atoms with van der Waals surface area (Å²) in [4.78, 5) is 15.1. The highest BCUT2D eigenvalue weighted by molar-refractivity contribution is 7.13. The molecule has 4 heterocycles. The number of morpholine rings is 1. The van der Waals surface area contributed by atoms with E-state index in [0.29, 0.717) is 37.2 Å². The van der Waals surface area contributed by atoms with E-state index in [1.807, 2.05) is 17.5 Å². The summed E-state index contributed by atoms with van der Waals surface area (Å²) in [6, 6.07) is 3.40. The third-order valence-corrected chi connectivity index (χ3v) is 4.79. The van der Waals surface area contributed by atoms with Gasteiger partial charge in [0.1, 0.15) is 6.04 Å². The van der Waals surface area contributed by atoms with Gasteiger partial charge < -0.3 is 14.1 Å². The molecule has 0 aromatic carbocycles. The van der Waals surface area contributed by atoms with Crippen molar-refractivity contribution in [3.63, 3.8) is 0 Å². The highest BCUT2D eigenvalue weighted by Crippen LogP contribution is 2.29. The molecule has 1 aliphatic rings. The molecule has 1 saturated heterocycles. The van der Waals surface area contributed by atoms with Crippen LogP contribution in [-0.4, -0.2) is 50.3 Å². The van der Waals surface area contributed by atoms with E-state index in [1.54, 1.807) is 10.3 Å². The average molecular weight is 349 g/mol. The van der Waals surface area contributed by atoms with Gasteiger partial charge in [0.05, 0.1) is 18.1 Å². The number of hydrogen-bond donors (Lipinski definition) is 0. The number of hydrogen-bond acceptors (Lipinski definition) is 9. The number of carbonyl (C=O) groups is 1. The molecule has 10 heteroatoms. The second-order valence-corrected chi connectivity index (χ2v) is 6.36. The maximum absolute atomic E-state index is 12.6. The number of thiophene rings is 1. The van der Waals surface area contributed by atoms with Gasteiger partial charge >= 0.3 is 0 Å². The smallest absolute Gasteiger partial charge is 0.276 e. The molecule has 0 radical (unpaired) electrons. The Hall–Kier alpha value is -2.17. The first kappa shape index (κ1) is 14.4. The van der Waals surface area contributed by atoms with Gasteiger partial charge in [-0.15, -0.1) is 26.6 Å². The summed E-state index contributed by atoms with van der Waals surface area (Å²) >= 11 is 2.66. The van der Waals surface area contributed by atoms with E-state index in [1.165, 1.54) is 11.3 Å². The number of ether oxygens (including phenoxy) is 1. The maximum Gasteiger partial charge on any atom is 0.276 e. The van der Waals surface area contributed by atoms with Gasteiger partial charge in [-0.25, -0.2) is 0 Å². The average Bonchev–Trinajstić information content (AvgIpc) is 3.35. The first-order valence-corrected chi connectivity index (χ1v) is 8.57. The summed E-state index contributed by atoms with van der Waals surface area (Å²) in [6.45, 7) is 1.22. The summed E-state index contributed by atoms with van der Waals surface area (Å²) in [5.74, 6) is 0.607. The minimum absolute atomic E-state index is 0.206. The number of rotatable bonds is 3. The largest absolute Gasteiger partial charge is 0.418 e. The molecule has 118 valence electrons. The lowest BCUT2D eigenvalue weighted by Gasteiger charge is -2.32.